The van der Waals surface area contributed by atoms with Gasteiger partial charge >= 0.3 is 0 Å². The molecule has 3 aromatic heterocycles. The molecule has 7 heteroatoms. The molecule has 3 heterocycles. The van der Waals surface area contributed by atoms with Gasteiger partial charge in [-0.15, -0.1) is 10.2 Å². The van der Waals surface area contributed by atoms with E-state index in [1.807, 2.05) is 26.0 Å². The average molecular weight is 288 g/mol. The fourth-order valence-electron chi connectivity index (χ4n) is 1.86. The Bertz CT molecular complexity index is 709. The molecule has 3 rings (SSSR count). The molecule has 0 unspecified atom stereocenters. The highest BCUT2D eigenvalue weighted by Gasteiger charge is 2.16. The number of hydrogen-bond acceptors (Lipinski definition) is 6. The van der Waals surface area contributed by atoms with E-state index in [2.05, 4.69) is 20.3 Å². The Hall–Kier alpha value is -1.86. The molecule has 0 bridgehead atoms. The van der Waals surface area contributed by atoms with Crippen molar-refractivity contribution in [2.75, 3.05) is 0 Å². The monoisotopic (exact) mass is 288 g/mol. The topological polar surface area (TPSA) is 82.0 Å². The van der Waals surface area contributed by atoms with Crippen molar-refractivity contribution in [2.24, 2.45) is 5.73 Å². The average Bonchev–Trinajstić information content (AvgIpc) is 2.96. The lowest BCUT2D eigenvalue weighted by atomic mass is 10.0. The van der Waals surface area contributed by atoms with Crippen molar-refractivity contribution in [1.82, 2.24) is 24.8 Å². The third-order valence-corrected chi connectivity index (χ3v) is 3.89. The van der Waals surface area contributed by atoms with Crippen LogP contribution in [0.25, 0.3) is 16.3 Å². The summed E-state index contributed by atoms with van der Waals surface area (Å²) < 4.78 is 1.78. The Balaban J connectivity index is 1.91. The van der Waals surface area contributed by atoms with E-state index < -0.39 is 0 Å². The van der Waals surface area contributed by atoms with Gasteiger partial charge < -0.3 is 5.73 Å². The van der Waals surface area contributed by atoms with Crippen LogP contribution in [0.4, 0.5) is 0 Å². The smallest absolute Gasteiger partial charge is 0.234 e. The van der Waals surface area contributed by atoms with Gasteiger partial charge in [0.15, 0.2) is 5.82 Å². The predicted octanol–water partition coefficient (Wildman–Crippen LogP) is 1.92. The molecular formula is C13H16N6S. The largest absolute Gasteiger partial charge is 0.326 e. The van der Waals surface area contributed by atoms with Crippen LogP contribution in [0.2, 0.25) is 0 Å². The molecule has 0 aliphatic rings. The lowest BCUT2D eigenvalue weighted by molar-refractivity contribution is 0.475. The van der Waals surface area contributed by atoms with Crippen LogP contribution in [0, 0.1) is 0 Å². The molecule has 0 saturated carbocycles. The summed E-state index contributed by atoms with van der Waals surface area (Å²) in [6, 6.07) is 3.83. The van der Waals surface area contributed by atoms with Gasteiger partial charge in [0.05, 0.1) is 0 Å². The van der Waals surface area contributed by atoms with Crippen LogP contribution in [0.3, 0.4) is 0 Å². The lowest BCUT2D eigenvalue weighted by Crippen LogP contribution is -2.32. The Kier molecular flexibility index (Phi) is 3.23. The fraction of sp³-hybridized carbons (Fsp3) is 0.385. The second kappa shape index (κ2) is 4.92. The SMILES string of the molecule is CC(C)(N)CCc1nn2c(-c3cccnc3)nnc2s1. The molecule has 3 aromatic rings. The molecule has 20 heavy (non-hydrogen) atoms. The minimum Gasteiger partial charge on any atom is -0.326 e. The van der Waals surface area contributed by atoms with Gasteiger partial charge in [-0.25, -0.2) is 0 Å². The van der Waals surface area contributed by atoms with Crippen LogP contribution < -0.4 is 5.73 Å². The first-order valence-corrected chi connectivity index (χ1v) is 7.25. The third-order valence-electron chi connectivity index (χ3n) is 2.94. The van der Waals surface area contributed by atoms with E-state index in [0.717, 1.165) is 34.2 Å². The van der Waals surface area contributed by atoms with Crippen LogP contribution in [0.1, 0.15) is 25.3 Å². The standard InChI is InChI=1S/C13H16N6S/c1-13(2,14)6-5-10-18-19-11(16-17-12(19)20-10)9-4-3-7-15-8-9/h3-4,7-8H,5-6,14H2,1-2H3. The molecule has 0 aliphatic heterocycles. The van der Waals surface area contributed by atoms with E-state index in [1.165, 1.54) is 0 Å². The van der Waals surface area contributed by atoms with Gasteiger partial charge in [-0.3, -0.25) is 4.98 Å². The van der Waals surface area contributed by atoms with E-state index in [0.29, 0.717) is 0 Å². The molecule has 0 aliphatic carbocycles. The number of fused-ring (bicyclic) bond motifs is 1. The summed E-state index contributed by atoms with van der Waals surface area (Å²) >= 11 is 1.56. The molecule has 104 valence electrons. The zero-order valence-corrected chi connectivity index (χ0v) is 12.3. The summed E-state index contributed by atoms with van der Waals surface area (Å²) in [7, 11) is 0. The van der Waals surface area contributed by atoms with Crippen molar-refractivity contribution in [3.05, 3.63) is 29.5 Å². The number of rotatable bonds is 4. The van der Waals surface area contributed by atoms with E-state index in [9.17, 15) is 0 Å². The van der Waals surface area contributed by atoms with Gasteiger partial charge in [-0.2, -0.15) is 9.61 Å². The summed E-state index contributed by atoms with van der Waals surface area (Å²) in [5.41, 5.74) is 6.74. The summed E-state index contributed by atoms with van der Waals surface area (Å²) in [6.45, 7) is 4.04. The molecule has 0 radical (unpaired) electrons. The Morgan fingerprint density at radius 1 is 1.35 bits per heavy atom. The van der Waals surface area contributed by atoms with Crippen molar-refractivity contribution >= 4 is 16.3 Å². The summed E-state index contributed by atoms with van der Waals surface area (Å²) in [6.07, 6.45) is 5.24. The molecular weight excluding hydrogens is 272 g/mol. The number of pyridine rings is 1. The van der Waals surface area contributed by atoms with E-state index >= 15 is 0 Å². The van der Waals surface area contributed by atoms with E-state index in [1.54, 1.807) is 28.2 Å². The highest BCUT2D eigenvalue weighted by atomic mass is 32.1. The van der Waals surface area contributed by atoms with Gasteiger partial charge in [0.25, 0.3) is 0 Å². The van der Waals surface area contributed by atoms with Crippen LogP contribution in [-0.2, 0) is 6.42 Å². The second-order valence-electron chi connectivity index (χ2n) is 5.44. The number of nitrogens with two attached hydrogens (primary N) is 1. The van der Waals surface area contributed by atoms with Gasteiger partial charge in [-0.1, -0.05) is 11.3 Å². The van der Waals surface area contributed by atoms with E-state index in [-0.39, 0.29) is 5.54 Å². The van der Waals surface area contributed by atoms with Crippen molar-refractivity contribution in [1.29, 1.82) is 0 Å². The number of nitrogens with zero attached hydrogens (tertiary/aromatic N) is 5. The molecule has 0 fully saturated rings. The number of aryl methyl sites for hydroxylation is 1. The van der Waals surface area contributed by atoms with Crippen molar-refractivity contribution < 1.29 is 0 Å². The summed E-state index contributed by atoms with van der Waals surface area (Å²) in [5.74, 6) is 0.725. The third kappa shape index (κ3) is 2.68. The first kappa shape index (κ1) is 13.1. The maximum absolute atomic E-state index is 6.01. The second-order valence-corrected chi connectivity index (χ2v) is 6.48. The van der Waals surface area contributed by atoms with Crippen molar-refractivity contribution in [3.8, 4) is 11.4 Å². The van der Waals surface area contributed by atoms with Crippen LogP contribution in [0.15, 0.2) is 24.5 Å². The molecule has 0 atom stereocenters. The molecule has 0 saturated heterocycles. The van der Waals surface area contributed by atoms with Crippen LogP contribution in [0.5, 0.6) is 0 Å². The highest BCUT2D eigenvalue weighted by Crippen LogP contribution is 2.22. The van der Waals surface area contributed by atoms with Crippen molar-refractivity contribution in [3.63, 3.8) is 0 Å². The molecule has 0 spiro atoms. The quantitative estimate of drug-likeness (QED) is 0.793. The maximum Gasteiger partial charge on any atom is 0.234 e. The van der Waals surface area contributed by atoms with Gasteiger partial charge in [0, 0.05) is 29.9 Å². The molecule has 6 nitrogen and oxygen atoms in total. The molecule has 0 aromatic carbocycles. The zero-order valence-electron chi connectivity index (χ0n) is 11.4. The number of hydrogen-bond donors (Lipinski definition) is 1. The Morgan fingerprint density at radius 2 is 2.20 bits per heavy atom. The Morgan fingerprint density at radius 3 is 2.90 bits per heavy atom. The van der Waals surface area contributed by atoms with Crippen LogP contribution >= 0.6 is 11.3 Å². The molecule has 2 N–H and O–H groups in total. The Labute approximate surface area is 120 Å². The normalized spacial score (nSPS) is 12.2. The van der Waals surface area contributed by atoms with Gasteiger partial charge in [0.1, 0.15) is 5.01 Å². The zero-order chi connectivity index (χ0) is 14.2. The summed E-state index contributed by atoms with van der Waals surface area (Å²) in [5, 5.41) is 13.9. The van der Waals surface area contributed by atoms with Crippen LogP contribution in [-0.4, -0.2) is 30.3 Å². The minimum absolute atomic E-state index is 0.182. The highest BCUT2D eigenvalue weighted by molar-refractivity contribution is 7.16. The van der Waals surface area contributed by atoms with Crippen molar-refractivity contribution in [2.45, 2.75) is 32.2 Å². The van der Waals surface area contributed by atoms with E-state index in [4.69, 9.17) is 5.73 Å². The first-order chi connectivity index (χ1) is 9.53. The molecule has 0 amide bonds. The maximum atomic E-state index is 6.01. The van der Waals surface area contributed by atoms with Gasteiger partial charge in [-0.05, 0) is 32.4 Å². The van der Waals surface area contributed by atoms with Gasteiger partial charge in [0.2, 0.25) is 4.96 Å². The fourth-order valence-corrected chi connectivity index (χ4v) is 2.69. The lowest BCUT2D eigenvalue weighted by Gasteiger charge is -2.16. The minimum atomic E-state index is -0.182. The number of aromatic nitrogens is 5. The first-order valence-electron chi connectivity index (χ1n) is 6.43. The predicted molar refractivity (Wildman–Crippen MR) is 78.5 cm³/mol. The summed E-state index contributed by atoms with van der Waals surface area (Å²) in [4.78, 5) is 4.90.